The predicted molar refractivity (Wildman–Crippen MR) is 71.0 cm³/mol. The van der Waals surface area contributed by atoms with E-state index in [0.717, 1.165) is 28.8 Å². The van der Waals surface area contributed by atoms with E-state index >= 15 is 0 Å². The van der Waals surface area contributed by atoms with Crippen molar-refractivity contribution < 1.29 is 9.90 Å². The predicted octanol–water partition coefficient (Wildman–Crippen LogP) is 3.32. The Morgan fingerprint density at radius 2 is 2.29 bits per heavy atom. The first-order chi connectivity index (χ1) is 8.22. The van der Waals surface area contributed by atoms with Crippen molar-refractivity contribution in [1.29, 1.82) is 0 Å². The van der Waals surface area contributed by atoms with E-state index < -0.39 is 5.97 Å². The average molecular weight is 251 g/mol. The lowest BCUT2D eigenvalue weighted by Gasteiger charge is -2.12. The van der Waals surface area contributed by atoms with E-state index in [1.54, 1.807) is 11.8 Å². The van der Waals surface area contributed by atoms with Gasteiger partial charge in [-0.15, -0.1) is 11.8 Å². The Kier molecular flexibility index (Phi) is 3.94. The molecule has 0 bridgehead atoms. The van der Waals surface area contributed by atoms with Crippen molar-refractivity contribution in [2.45, 2.75) is 24.7 Å². The van der Waals surface area contributed by atoms with Crippen LogP contribution in [0.1, 0.15) is 30.1 Å². The van der Waals surface area contributed by atoms with Gasteiger partial charge >= 0.3 is 5.97 Å². The molecule has 3 nitrogen and oxygen atoms in total. The third kappa shape index (κ3) is 3.16. The number of nitrogens with one attached hydrogen (secondary N) is 1. The largest absolute Gasteiger partial charge is 0.478 e. The summed E-state index contributed by atoms with van der Waals surface area (Å²) in [7, 11) is 0. The second-order valence-corrected chi connectivity index (χ2v) is 5.55. The Balaban J connectivity index is 2.21. The fourth-order valence-electron chi connectivity index (χ4n) is 1.75. The van der Waals surface area contributed by atoms with Gasteiger partial charge in [-0.3, -0.25) is 0 Å². The van der Waals surface area contributed by atoms with Gasteiger partial charge in [-0.1, -0.05) is 13.0 Å². The first-order valence-electron chi connectivity index (χ1n) is 5.95. The van der Waals surface area contributed by atoms with Gasteiger partial charge in [-0.2, -0.15) is 0 Å². The molecule has 2 N–H and O–H groups in total. The van der Waals surface area contributed by atoms with Gasteiger partial charge in [0.1, 0.15) is 0 Å². The molecule has 1 saturated carbocycles. The van der Waals surface area contributed by atoms with E-state index in [1.807, 2.05) is 25.1 Å². The minimum absolute atomic E-state index is 0.417. The summed E-state index contributed by atoms with van der Waals surface area (Å²) in [5, 5.41) is 12.6. The standard InChI is InChI=1S/C13H17NO2S/c1-2-17-11-5-3-4-10(12(11)13(15)16)14-8-9-6-7-9/h3-5,9,14H,2,6-8H2,1H3,(H,15,16). The fraction of sp³-hybridized carbons (Fsp3) is 0.462. The monoisotopic (exact) mass is 251 g/mol. The molecule has 0 spiro atoms. The molecular formula is C13H17NO2S. The van der Waals surface area contributed by atoms with Gasteiger partial charge in [0, 0.05) is 17.1 Å². The molecular weight excluding hydrogens is 234 g/mol. The molecule has 0 radical (unpaired) electrons. The number of anilines is 1. The Hall–Kier alpha value is -1.16. The minimum atomic E-state index is -0.847. The Labute approximate surface area is 106 Å². The van der Waals surface area contributed by atoms with Crippen LogP contribution in [0.5, 0.6) is 0 Å². The van der Waals surface area contributed by atoms with Crippen molar-refractivity contribution in [3.8, 4) is 0 Å². The molecule has 0 aliphatic heterocycles. The molecule has 4 heteroatoms. The zero-order chi connectivity index (χ0) is 12.3. The van der Waals surface area contributed by atoms with Gasteiger partial charge in [-0.25, -0.2) is 4.79 Å². The second kappa shape index (κ2) is 5.45. The van der Waals surface area contributed by atoms with Crippen LogP contribution < -0.4 is 5.32 Å². The minimum Gasteiger partial charge on any atom is -0.478 e. The first kappa shape index (κ1) is 12.3. The summed E-state index contributed by atoms with van der Waals surface area (Å²) in [6.07, 6.45) is 2.53. The molecule has 2 rings (SSSR count). The van der Waals surface area contributed by atoms with E-state index in [1.165, 1.54) is 12.8 Å². The van der Waals surface area contributed by atoms with Gasteiger partial charge < -0.3 is 10.4 Å². The molecule has 0 aromatic heterocycles. The molecule has 1 fully saturated rings. The SMILES string of the molecule is CCSc1cccc(NCC2CC2)c1C(=O)O. The third-order valence-corrected chi connectivity index (χ3v) is 3.76. The molecule has 0 amide bonds. The molecule has 92 valence electrons. The van der Waals surface area contributed by atoms with Crippen LogP contribution in [0.3, 0.4) is 0 Å². The quantitative estimate of drug-likeness (QED) is 0.761. The van der Waals surface area contributed by atoms with Crippen LogP contribution in [0, 0.1) is 5.92 Å². The van der Waals surface area contributed by atoms with Crippen LogP contribution in [0.25, 0.3) is 0 Å². The molecule has 17 heavy (non-hydrogen) atoms. The number of carbonyl (C=O) groups is 1. The van der Waals surface area contributed by atoms with E-state index in [0.29, 0.717) is 5.56 Å². The van der Waals surface area contributed by atoms with E-state index in [-0.39, 0.29) is 0 Å². The summed E-state index contributed by atoms with van der Waals surface area (Å²) in [6.45, 7) is 2.92. The summed E-state index contributed by atoms with van der Waals surface area (Å²) >= 11 is 1.57. The van der Waals surface area contributed by atoms with E-state index in [4.69, 9.17) is 0 Å². The first-order valence-corrected chi connectivity index (χ1v) is 6.94. The number of aromatic carboxylic acids is 1. The van der Waals surface area contributed by atoms with Crippen LogP contribution in [0.15, 0.2) is 23.1 Å². The summed E-state index contributed by atoms with van der Waals surface area (Å²) in [5.74, 6) is 0.769. The Morgan fingerprint density at radius 3 is 2.88 bits per heavy atom. The molecule has 1 aromatic rings. The van der Waals surface area contributed by atoms with Gasteiger partial charge in [0.05, 0.1) is 5.56 Å². The number of hydrogen-bond acceptors (Lipinski definition) is 3. The summed E-state index contributed by atoms with van der Waals surface area (Å²) < 4.78 is 0. The fourth-order valence-corrected chi connectivity index (χ4v) is 2.58. The maximum absolute atomic E-state index is 11.3. The highest BCUT2D eigenvalue weighted by Crippen LogP contribution is 2.32. The Bertz CT molecular complexity index is 416. The number of benzene rings is 1. The summed E-state index contributed by atoms with van der Waals surface area (Å²) in [4.78, 5) is 12.2. The highest BCUT2D eigenvalue weighted by Gasteiger charge is 2.22. The van der Waals surface area contributed by atoms with Gasteiger partial charge in [0.25, 0.3) is 0 Å². The molecule has 0 heterocycles. The molecule has 0 unspecified atom stereocenters. The van der Waals surface area contributed by atoms with Crippen molar-refractivity contribution >= 4 is 23.4 Å². The summed E-state index contributed by atoms with van der Waals surface area (Å²) in [6, 6.07) is 5.64. The molecule has 1 aliphatic rings. The smallest absolute Gasteiger partial charge is 0.338 e. The maximum atomic E-state index is 11.3. The van der Waals surface area contributed by atoms with E-state index in [2.05, 4.69) is 5.32 Å². The van der Waals surface area contributed by atoms with Crippen molar-refractivity contribution in [1.82, 2.24) is 0 Å². The second-order valence-electron chi connectivity index (χ2n) is 4.24. The van der Waals surface area contributed by atoms with Crippen molar-refractivity contribution in [3.63, 3.8) is 0 Å². The van der Waals surface area contributed by atoms with Crippen molar-refractivity contribution in [2.24, 2.45) is 5.92 Å². The average Bonchev–Trinajstić information content (AvgIpc) is 3.10. The number of hydrogen-bond donors (Lipinski definition) is 2. The van der Waals surface area contributed by atoms with Gasteiger partial charge in [0.15, 0.2) is 0 Å². The zero-order valence-corrected chi connectivity index (χ0v) is 10.7. The van der Waals surface area contributed by atoms with Crippen molar-refractivity contribution in [3.05, 3.63) is 23.8 Å². The van der Waals surface area contributed by atoms with Crippen LogP contribution in [0.4, 0.5) is 5.69 Å². The van der Waals surface area contributed by atoms with Crippen LogP contribution in [-0.2, 0) is 0 Å². The lowest BCUT2D eigenvalue weighted by atomic mass is 10.1. The number of thioether (sulfide) groups is 1. The topological polar surface area (TPSA) is 49.3 Å². The lowest BCUT2D eigenvalue weighted by molar-refractivity contribution is 0.0694. The number of rotatable bonds is 6. The maximum Gasteiger partial charge on any atom is 0.338 e. The normalized spacial score (nSPS) is 14.6. The highest BCUT2D eigenvalue weighted by atomic mass is 32.2. The third-order valence-electron chi connectivity index (χ3n) is 2.82. The summed E-state index contributed by atoms with van der Waals surface area (Å²) in [5.41, 5.74) is 1.17. The molecule has 0 saturated heterocycles. The van der Waals surface area contributed by atoms with Gasteiger partial charge in [-0.05, 0) is 36.6 Å². The van der Waals surface area contributed by atoms with Crippen LogP contribution in [0.2, 0.25) is 0 Å². The van der Waals surface area contributed by atoms with Gasteiger partial charge in [0.2, 0.25) is 0 Å². The van der Waals surface area contributed by atoms with Crippen LogP contribution >= 0.6 is 11.8 Å². The van der Waals surface area contributed by atoms with Crippen LogP contribution in [-0.4, -0.2) is 23.4 Å². The number of carboxylic acids is 1. The zero-order valence-electron chi connectivity index (χ0n) is 9.90. The lowest BCUT2D eigenvalue weighted by Crippen LogP contribution is -2.10. The Morgan fingerprint density at radius 1 is 1.53 bits per heavy atom. The van der Waals surface area contributed by atoms with Crippen molar-refractivity contribution in [2.75, 3.05) is 17.6 Å². The van der Waals surface area contributed by atoms with E-state index in [9.17, 15) is 9.90 Å². The molecule has 1 aliphatic carbocycles. The highest BCUT2D eigenvalue weighted by molar-refractivity contribution is 7.99. The number of carboxylic acid groups (broad SMARTS) is 1. The molecule has 1 aromatic carbocycles. The molecule has 0 atom stereocenters.